The zero-order valence-electron chi connectivity index (χ0n) is 13.6. The molecule has 1 aromatic carbocycles. The highest BCUT2D eigenvalue weighted by molar-refractivity contribution is 7.19. The van der Waals surface area contributed by atoms with E-state index in [4.69, 9.17) is 0 Å². The SMILES string of the molecule is CN(C)C(=O)CN(CC(F)(F)F)C(=O)C=Cc1nc2ccccc2s1. The minimum atomic E-state index is -4.59. The number of aromatic nitrogens is 1. The largest absolute Gasteiger partial charge is 0.406 e. The van der Waals surface area contributed by atoms with Crippen molar-refractivity contribution in [1.82, 2.24) is 14.8 Å². The molecule has 2 rings (SSSR count). The van der Waals surface area contributed by atoms with Crippen LogP contribution in [0.5, 0.6) is 0 Å². The van der Waals surface area contributed by atoms with Gasteiger partial charge in [-0.25, -0.2) is 4.98 Å². The molecule has 5 nitrogen and oxygen atoms in total. The molecular weight excluding hydrogens is 355 g/mol. The molecule has 0 saturated carbocycles. The number of nitrogens with zero attached hydrogens (tertiary/aromatic N) is 3. The van der Waals surface area contributed by atoms with Gasteiger partial charge in [-0.1, -0.05) is 12.1 Å². The molecule has 25 heavy (non-hydrogen) atoms. The number of fused-ring (bicyclic) bond motifs is 1. The van der Waals surface area contributed by atoms with Crippen LogP contribution < -0.4 is 0 Å². The zero-order valence-corrected chi connectivity index (χ0v) is 14.4. The molecule has 0 unspecified atom stereocenters. The van der Waals surface area contributed by atoms with Crippen molar-refractivity contribution < 1.29 is 22.8 Å². The van der Waals surface area contributed by atoms with E-state index in [1.807, 2.05) is 18.2 Å². The van der Waals surface area contributed by atoms with Crippen molar-refractivity contribution >= 4 is 39.4 Å². The lowest BCUT2D eigenvalue weighted by Crippen LogP contribution is -2.44. The van der Waals surface area contributed by atoms with E-state index >= 15 is 0 Å². The Morgan fingerprint density at radius 1 is 1.24 bits per heavy atom. The number of carbonyl (C=O) groups is 2. The number of para-hydroxylation sites is 1. The molecule has 0 saturated heterocycles. The van der Waals surface area contributed by atoms with E-state index in [2.05, 4.69) is 4.98 Å². The predicted molar refractivity (Wildman–Crippen MR) is 90.0 cm³/mol. The Kier molecular flexibility index (Phi) is 5.78. The van der Waals surface area contributed by atoms with Crippen molar-refractivity contribution in [2.24, 2.45) is 0 Å². The van der Waals surface area contributed by atoms with Gasteiger partial charge in [0.1, 0.15) is 18.1 Å². The number of amides is 2. The number of hydrogen-bond acceptors (Lipinski definition) is 4. The summed E-state index contributed by atoms with van der Waals surface area (Å²) in [4.78, 5) is 29.6. The zero-order chi connectivity index (χ0) is 18.6. The van der Waals surface area contributed by atoms with Crippen LogP contribution >= 0.6 is 11.3 Å². The van der Waals surface area contributed by atoms with Crippen LogP contribution in [-0.2, 0) is 9.59 Å². The standard InChI is InChI=1S/C16H16F3N3O2S/c1-21(2)15(24)9-22(10-16(17,18)19)14(23)8-7-13-20-11-5-3-4-6-12(11)25-13/h3-8H,9-10H2,1-2H3. The maximum Gasteiger partial charge on any atom is 0.406 e. The van der Waals surface area contributed by atoms with Crippen LogP contribution in [0.2, 0.25) is 0 Å². The summed E-state index contributed by atoms with van der Waals surface area (Å²) >= 11 is 1.32. The summed E-state index contributed by atoms with van der Waals surface area (Å²) in [6.07, 6.45) is -2.23. The van der Waals surface area contributed by atoms with Crippen molar-refractivity contribution in [3.63, 3.8) is 0 Å². The highest BCUT2D eigenvalue weighted by atomic mass is 32.1. The van der Waals surface area contributed by atoms with E-state index < -0.39 is 31.1 Å². The summed E-state index contributed by atoms with van der Waals surface area (Å²) < 4.78 is 38.9. The van der Waals surface area contributed by atoms with Gasteiger partial charge in [-0.15, -0.1) is 11.3 Å². The van der Waals surface area contributed by atoms with Gasteiger partial charge in [0.2, 0.25) is 11.8 Å². The molecule has 0 radical (unpaired) electrons. The minimum Gasteiger partial charge on any atom is -0.347 e. The molecule has 0 aliphatic heterocycles. The quantitative estimate of drug-likeness (QED) is 0.760. The lowest BCUT2D eigenvalue weighted by Gasteiger charge is -2.23. The van der Waals surface area contributed by atoms with Gasteiger partial charge in [0.25, 0.3) is 0 Å². The van der Waals surface area contributed by atoms with Crippen LogP contribution in [0.1, 0.15) is 5.01 Å². The van der Waals surface area contributed by atoms with Crippen molar-refractivity contribution in [3.8, 4) is 0 Å². The van der Waals surface area contributed by atoms with E-state index in [0.29, 0.717) is 9.91 Å². The Labute approximate surface area is 146 Å². The molecule has 0 aliphatic rings. The lowest BCUT2D eigenvalue weighted by molar-refractivity contribution is -0.161. The first kappa shape index (κ1) is 18.9. The second-order valence-corrected chi connectivity index (χ2v) is 6.51. The molecule has 0 bridgehead atoms. The van der Waals surface area contributed by atoms with E-state index in [1.165, 1.54) is 31.5 Å². The van der Waals surface area contributed by atoms with Gasteiger partial charge in [0.05, 0.1) is 10.2 Å². The van der Waals surface area contributed by atoms with E-state index in [0.717, 1.165) is 21.2 Å². The molecule has 0 fully saturated rings. The van der Waals surface area contributed by atoms with E-state index in [9.17, 15) is 22.8 Å². The monoisotopic (exact) mass is 371 g/mol. The number of thiazole rings is 1. The minimum absolute atomic E-state index is 0.464. The third kappa shape index (κ3) is 5.56. The normalized spacial score (nSPS) is 11.9. The Balaban J connectivity index is 2.15. The van der Waals surface area contributed by atoms with Gasteiger partial charge in [-0.2, -0.15) is 13.2 Å². The number of halogens is 3. The molecule has 134 valence electrons. The van der Waals surface area contributed by atoms with Crippen molar-refractivity contribution in [1.29, 1.82) is 0 Å². The van der Waals surface area contributed by atoms with Crippen molar-refractivity contribution in [2.45, 2.75) is 6.18 Å². The van der Waals surface area contributed by atoms with Crippen LogP contribution in [0.15, 0.2) is 30.3 Å². The molecule has 1 aromatic heterocycles. The number of benzene rings is 1. The smallest absolute Gasteiger partial charge is 0.347 e. The van der Waals surface area contributed by atoms with E-state index in [1.54, 1.807) is 6.07 Å². The Hall–Kier alpha value is -2.42. The molecule has 0 N–H and O–H groups in total. The number of rotatable bonds is 5. The van der Waals surface area contributed by atoms with E-state index in [-0.39, 0.29) is 0 Å². The first-order chi connectivity index (χ1) is 11.7. The summed E-state index contributed by atoms with van der Waals surface area (Å²) in [6.45, 7) is -2.13. The fourth-order valence-electron chi connectivity index (χ4n) is 1.94. The summed E-state index contributed by atoms with van der Waals surface area (Å²) in [5.74, 6) is -1.49. The number of hydrogen-bond donors (Lipinski definition) is 0. The first-order valence-electron chi connectivity index (χ1n) is 7.25. The fraction of sp³-hybridized carbons (Fsp3) is 0.312. The van der Waals surface area contributed by atoms with Gasteiger partial charge < -0.3 is 9.80 Å². The number of likely N-dealkylation sites (N-methyl/N-ethyl adjacent to an activating group) is 1. The molecule has 0 atom stereocenters. The molecule has 2 amide bonds. The Morgan fingerprint density at radius 3 is 2.52 bits per heavy atom. The topological polar surface area (TPSA) is 53.5 Å². The number of alkyl halides is 3. The highest BCUT2D eigenvalue weighted by Gasteiger charge is 2.33. The van der Waals surface area contributed by atoms with Gasteiger partial charge in [-0.05, 0) is 18.2 Å². The highest BCUT2D eigenvalue weighted by Crippen LogP contribution is 2.22. The molecule has 1 heterocycles. The predicted octanol–water partition coefficient (Wildman–Crippen LogP) is 2.79. The van der Waals surface area contributed by atoms with Crippen molar-refractivity contribution in [3.05, 3.63) is 35.3 Å². The number of carbonyl (C=O) groups excluding carboxylic acids is 2. The Morgan fingerprint density at radius 2 is 1.92 bits per heavy atom. The van der Waals surface area contributed by atoms with Crippen LogP contribution in [0, 0.1) is 0 Å². The third-order valence-electron chi connectivity index (χ3n) is 3.19. The summed E-state index contributed by atoms with van der Waals surface area (Å²) in [6, 6.07) is 7.32. The first-order valence-corrected chi connectivity index (χ1v) is 8.07. The summed E-state index contributed by atoms with van der Waals surface area (Å²) in [5.41, 5.74) is 0.745. The Bertz CT molecular complexity index is 766. The van der Waals surface area contributed by atoms with Gasteiger partial charge in [0.15, 0.2) is 0 Å². The lowest BCUT2D eigenvalue weighted by atomic mass is 10.3. The molecule has 9 heteroatoms. The molecule has 0 aliphatic carbocycles. The van der Waals surface area contributed by atoms with Gasteiger partial charge in [-0.3, -0.25) is 9.59 Å². The van der Waals surface area contributed by atoms with Crippen LogP contribution in [0.3, 0.4) is 0 Å². The van der Waals surface area contributed by atoms with Crippen LogP contribution in [-0.4, -0.2) is 60.0 Å². The maximum atomic E-state index is 12.7. The second-order valence-electron chi connectivity index (χ2n) is 5.45. The molecule has 0 spiro atoms. The molecule has 2 aromatic rings. The molecular formula is C16H16F3N3O2S. The second kappa shape index (κ2) is 7.64. The van der Waals surface area contributed by atoms with Crippen LogP contribution in [0.25, 0.3) is 16.3 Å². The van der Waals surface area contributed by atoms with Crippen LogP contribution in [0.4, 0.5) is 13.2 Å². The maximum absolute atomic E-state index is 12.7. The van der Waals surface area contributed by atoms with Gasteiger partial charge >= 0.3 is 6.18 Å². The summed E-state index contributed by atoms with van der Waals surface area (Å²) in [7, 11) is 2.82. The average molecular weight is 371 g/mol. The third-order valence-corrected chi connectivity index (χ3v) is 4.19. The van der Waals surface area contributed by atoms with Crippen molar-refractivity contribution in [2.75, 3.05) is 27.2 Å². The fourth-order valence-corrected chi connectivity index (χ4v) is 2.81. The average Bonchev–Trinajstić information content (AvgIpc) is 2.93. The van der Waals surface area contributed by atoms with Gasteiger partial charge in [0, 0.05) is 20.2 Å². The summed E-state index contributed by atoms with van der Waals surface area (Å²) in [5, 5.41) is 0.500.